The molecular weight excluding hydrogens is 248 g/mol. The molecule has 0 aliphatic carbocycles. The number of hydrazine groups is 1. The van der Waals surface area contributed by atoms with Gasteiger partial charge in [-0.25, -0.2) is 15.8 Å². The highest BCUT2D eigenvalue weighted by molar-refractivity contribution is 7.98. The highest BCUT2D eigenvalue weighted by Crippen LogP contribution is 2.44. The van der Waals surface area contributed by atoms with E-state index in [1.165, 1.54) is 12.0 Å². The van der Waals surface area contributed by atoms with Gasteiger partial charge in [0.2, 0.25) is 0 Å². The number of fused-ring (bicyclic) bond motifs is 3. The van der Waals surface area contributed by atoms with E-state index in [-0.39, 0.29) is 0 Å². The van der Waals surface area contributed by atoms with Crippen molar-refractivity contribution in [2.45, 2.75) is 48.9 Å². The zero-order valence-corrected chi connectivity index (χ0v) is 10.9. The molecule has 3 N–H and O–H groups in total. The molecule has 0 amide bonds. The molecule has 2 fully saturated rings. The molecule has 0 aromatic carbocycles. The number of thioether (sulfide) groups is 1. The van der Waals surface area contributed by atoms with Crippen LogP contribution in [0.1, 0.15) is 42.3 Å². The van der Waals surface area contributed by atoms with Crippen LogP contribution in [0.15, 0.2) is 0 Å². The maximum atomic E-state index is 5.90. The molecule has 3 aliphatic rings. The van der Waals surface area contributed by atoms with Crippen molar-refractivity contribution >= 4 is 17.6 Å². The summed E-state index contributed by atoms with van der Waals surface area (Å²) in [5.41, 5.74) is 5.06. The van der Waals surface area contributed by atoms with Crippen molar-refractivity contribution in [2.75, 3.05) is 5.43 Å². The predicted molar refractivity (Wildman–Crippen MR) is 70.1 cm³/mol. The van der Waals surface area contributed by atoms with Gasteiger partial charge < -0.3 is 10.2 Å². The molecule has 6 heteroatoms. The van der Waals surface area contributed by atoms with Crippen LogP contribution in [0.5, 0.6) is 0 Å². The average Bonchev–Trinajstić information content (AvgIpc) is 3.12. The van der Waals surface area contributed by atoms with Crippen molar-refractivity contribution < 1.29 is 4.74 Å². The van der Waals surface area contributed by atoms with E-state index >= 15 is 0 Å². The second-order valence-corrected chi connectivity index (χ2v) is 6.19. The molecule has 3 atom stereocenters. The molecule has 4 rings (SSSR count). The van der Waals surface area contributed by atoms with E-state index < -0.39 is 0 Å². The highest BCUT2D eigenvalue weighted by atomic mass is 32.2. The first kappa shape index (κ1) is 11.0. The van der Waals surface area contributed by atoms with Gasteiger partial charge >= 0.3 is 0 Å². The third-order valence-electron chi connectivity index (χ3n) is 4.17. The molecule has 3 aliphatic heterocycles. The molecule has 2 bridgehead atoms. The van der Waals surface area contributed by atoms with Gasteiger partial charge in [0.1, 0.15) is 11.6 Å². The van der Waals surface area contributed by atoms with E-state index in [0.29, 0.717) is 18.1 Å². The van der Waals surface area contributed by atoms with Crippen LogP contribution >= 0.6 is 11.8 Å². The van der Waals surface area contributed by atoms with E-state index in [1.54, 1.807) is 0 Å². The van der Waals surface area contributed by atoms with E-state index in [9.17, 15) is 0 Å². The lowest BCUT2D eigenvalue weighted by atomic mass is 9.88. The van der Waals surface area contributed by atoms with Crippen molar-refractivity contribution in [2.24, 2.45) is 5.84 Å². The lowest BCUT2D eigenvalue weighted by Gasteiger charge is -2.18. The summed E-state index contributed by atoms with van der Waals surface area (Å²) in [5, 5.41) is 0. The van der Waals surface area contributed by atoms with E-state index in [4.69, 9.17) is 15.6 Å². The van der Waals surface area contributed by atoms with Crippen molar-refractivity contribution in [3.8, 4) is 0 Å². The van der Waals surface area contributed by atoms with Gasteiger partial charge in [-0.15, -0.1) is 0 Å². The number of aromatic nitrogens is 2. The number of hydrogen-bond acceptors (Lipinski definition) is 6. The zero-order chi connectivity index (χ0) is 12.1. The first-order valence-corrected chi connectivity index (χ1v) is 7.60. The Kier molecular flexibility index (Phi) is 2.50. The van der Waals surface area contributed by atoms with Crippen LogP contribution in [0.2, 0.25) is 0 Å². The van der Waals surface area contributed by atoms with Crippen LogP contribution in [0.25, 0.3) is 0 Å². The van der Waals surface area contributed by atoms with Gasteiger partial charge in [0, 0.05) is 23.0 Å². The fraction of sp³-hybridized carbons (Fsp3) is 0.667. The van der Waals surface area contributed by atoms with Crippen LogP contribution in [0.4, 0.5) is 5.82 Å². The second-order valence-electron chi connectivity index (χ2n) is 5.21. The minimum Gasteiger partial charge on any atom is -0.374 e. The van der Waals surface area contributed by atoms with E-state index in [0.717, 1.165) is 41.7 Å². The molecule has 5 nitrogen and oxygen atoms in total. The first-order valence-electron chi connectivity index (χ1n) is 6.44. The van der Waals surface area contributed by atoms with Crippen LogP contribution in [-0.4, -0.2) is 22.2 Å². The Hall–Kier alpha value is -0.850. The maximum absolute atomic E-state index is 5.90. The molecule has 1 aromatic rings. The number of nitrogens with one attached hydrogen (secondary N) is 1. The minimum atomic E-state index is 0.327. The predicted octanol–water partition coefficient (Wildman–Crippen LogP) is 1.54. The van der Waals surface area contributed by atoms with Crippen LogP contribution < -0.4 is 11.3 Å². The molecule has 18 heavy (non-hydrogen) atoms. The van der Waals surface area contributed by atoms with Crippen molar-refractivity contribution in [1.29, 1.82) is 0 Å². The van der Waals surface area contributed by atoms with Gasteiger partial charge in [-0.3, -0.25) is 0 Å². The summed E-state index contributed by atoms with van der Waals surface area (Å²) in [4.78, 5) is 9.38. The van der Waals surface area contributed by atoms with Crippen molar-refractivity contribution in [3.63, 3.8) is 0 Å². The summed E-state index contributed by atoms with van der Waals surface area (Å²) in [6.07, 6.45) is 4.17. The SMILES string of the molecule is NNc1nc(C2CC3CCC2O3)nc2c1CSC2. The molecule has 4 heterocycles. The molecule has 1 aromatic heterocycles. The summed E-state index contributed by atoms with van der Waals surface area (Å²) in [7, 11) is 0. The third kappa shape index (κ3) is 1.56. The third-order valence-corrected chi connectivity index (χ3v) is 5.14. The summed E-state index contributed by atoms with van der Waals surface area (Å²) < 4.78 is 5.90. The molecule has 0 spiro atoms. The highest BCUT2D eigenvalue weighted by Gasteiger charge is 2.43. The molecular formula is C12H16N4OS. The standard InChI is InChI=1S/C12H16N4OS/c13-16-12-8-4-18-5-9(8)14-11(15-12)7-3-6-1-2-10(7)17-6/h6-7,10H,1-5,13H2,(H,14,15,16). The number of nitrogens with two attached hydrogens (primary N) is 1. The van der Waals surface area contributed by atoms with Crippen molar-refractivity contribution in [1.82, 2.24) is 9.97 Å². The summed E-state index contributed by atoms with van der Waals surface area (Å²) in [6.45, 7) is 0. The lowest BCUT2D eigenvalue weighted by molar-refractivity contribution is 0.0998. The van der Waals surface area contributed by atoms with Crippen LogP contribution in [0.3, 0.4) is 0 Å². The fourth-order valence-electron chi connectivity index (χ4n) is 3.27. The quantitative estimate of drug-likeness (QED) is 0.623. The largest absolute Gasteiger partial charge is 0.374 e. The Morgan fingerprint density at radius 3 is 2.94 bits per heavy atom. The number of nitrogen functional groups attached to an aromatic ring is 1. The van der Waals surface area contributed by atoms with Gasteiger partial charge in [0.25, 0.3) is 0 Å². The Labute approximate surface area is 110 Å². The normalized spacial score (nSPS) is 32.8. The van der Waals surface area contributed by atoms with Crippen LogP contribution in [0, 0.1) is 0 Å². The van der Waals surface area contributed by atoms with Gasteiger partial charge in [-0.05, 0) is 19.3 Å². The van der Waals surface area contributed by atoms with Gasteiger partial charge in [0.15, 0.2) is 0 Å². The molecule has 3 unspecified atom stereocenters. The number of nitrogens with zero attached hydrogens (tertiary/aromatic N) is 2. The smallest absolute Gasteiger partial charge is 0.148 e. The van der Waals surface area contributed by atoms with Gasteiger partial charge in [-0.2, -0.15) is 11.8 Å². The number of ether oxygens (including phenoxy) is 1. The maximum Gasteiger partial charge on any atom is 0.148 e. The fourth-order valence-corrected chi connectivity index (χ4v) is 4.31. The van der Waals surface area contributed by atoms with E-state index in [1.807, 2.05) is 11.8 Å². The number of rotatable bonds is 2. The Balaban J connectivity index is 1.73. The Bertz CT molecular complexity index is 495. The van der Waals surface area contributed by atoms with Crippen molar-refractivity contribution in [3.05, 3.63) is 17.1 Å². The molecule has 2 saturated heterocycles. The van der Waals surface area contributed by atoms with Gasteiger partial charge in [0.05, 0.1) is 17.9 Å². The number of anilines is 1. The number of hydrogen-bond donors (Lipinski definition) is 2. The lowest BCUT2D eigenvalue weighted by Crippen LogP contribution is -2.20. The topological polar surface area (TPSA) is 73.1 Å². The van der Waals surface area contributed by atoms with E-state index in [2.05, 4.69) is 10.4 Å². The minimum absolute atomic E-state index is 0.327. The second kappa shape index (κ2) is 4.08. The monoisotopic (exact) mass is 264 g/mol. The summed E-state index contributed by atoms with van der Waals surface area (Å²) in [6, 6.07) is 0. The Morgan fingerprint density at radius 1 is 1.28 bits per heavy atom. The summed E-state index contributed by atoms with van der Waals surface area (Å²) >= 11 is 1.87. The Morgan fingerprint density at radius 2 is 2.22 bits per heavy atom. The molecule has 0 radical (unpaired) electrons. The molecule has 96 valence electrons. The van der Waals surface area contributed by atoms with Crippen LogP contribution in [-0.2, 0) is 16.2 Å². The average molecular weight is 264 g/mol. The zero-order valence-electron chi connectivity index (χ0n) is 10.1. The summed E-state index contributed by atoms with van der Waals surface area (Å²) in [5.74, 6) is 9.62. The molecule has 0 saturated carbocycles. The first-order chi connectivity index (χ1) is 8.85. The van der Waals surface area contributed by atoms with Gasteiger partial charge in [-0.1, -0.05) is 0 Å².